The Bertz CT molecular complexity index is 1470. The highest BCUT2D eigenvalue weighted by Gasteiger charge is 2.34. The van der Waals surface area contributed by atoms with Gasteiger partial charge in [0.15, 0.2) is 0 Å². The second kappa shape index (κ2) is 13.8. The molecule has 0 bridgehead atoms. The number of sulfonamides is 1. The number of anilines is 1. The summed E-state index contributed by atoms with van der Waals surface area (Å²) in [4.78, 5) is 29.3. The molecular formula is C33H43N3O4S. The van der Waals surface area contributed by atoms with Gasteiger partial charge in [-0.15, -0.1) is 0 Å². The zero-order valence-corrected chi connectivity index (χ0v) is 26.1. The van der Waals surface area contributed by atoms with E-state index in [1.54, 1.807) is 30.3 Å². The van der Waals surface area contributed by atoms with Gasteiger partial charge >= 0.3 is 0 Å². The predicted octanol–water partition coefficient (Wildman–Crippen LogP) is 5.84. The van der Waals surface area contributed by atoms with Gasteiger partial charge in [-0.3, -0.25) is 13.9 Å². The third-order valence-corrected chi connectivity index (χ3v) is 9.28. The van der Waals surface area contributed by atoms with Crippen molar-refractivity contribution in [1.82, 2.24) is 10.2 Å². The van der Waals surface area contributed by atoms with Crippen molar-refractivity contribution < 1.29 is 18.0 Å². The van der Waals surface area contributed by atoms with Crippen LogP contribution in [-0.4, -0.2) is 43.8 Å². The molecule has 0 saturated carbocycles. The van der Waals surface area contributed by atoms with Crippen LogP contribution in [0.3, 0.4) is 0 Å². The molecule has 0 aliphatic rings. The first-order valence-corrected chi connectivity index (χ1v) is 15.6. The van der Waals surface area contributed by atoms with E-state index in [0.717, 1.165) is 34.2 Å². The summed E-state index contributed by atoms with van der Waals surface area (Å²) in [6, 6.07) is 19.1. The topological polar surface area (TPSA) is 86.8 Å². The summed E-state index contributed by atoms with van der Waals surface area (Å²) in [5.74, 6) is -0.695. The Hall–Kier alpha value is -3.65. The van der Waals surface area contributed by atoms with Crippen LogP contribution in [-0.2, 0) is 26.2 Å². The molecule has 0 aliphatic heterocycles. The second-order valence-corrected chi connectivity index (χ2v) is 12.7. The van der Waals surface area contributed by atoms with Gasteiger partial charge in [-0.2, -0.15) is 0 Å². The molecule has 220 valence electrons. The lowest BCUT2D eigenvalue weighted by Crippen LogP contribution is -2.53. The Morgan fingerprint density at radius 1 is 0.829 bits per heavy atom. The van der Waals surface area contributed by atoms with E-state index < -0.39 is 28.5 Å². The largest absolute Gasteiger partial charge is 0.352 e. The van der Waals surface area contributed by atoms with Crippen LogP contribution < -0.4 is 9.62 Å². The van der Waals surface area contributed by atoms with Crippen molar-refractivity contribution in [2.24, 2.45) is 0 Å². The molecule has 7 nitrogen and oxygen atoms in total. The molecule has 3 aromatic rings. The van der Waals surface area contributed by atoms with Crippen LogP contribution in [0.1, 0.15) is 61.4 Å². The van der Waals surface area contributed by atoms with Crippen LogP contribution >= 0.6 is 0 Å². The molecule has 0 saturated heterocycles. The number of carbonyl (C=O) groups excluding carboxylic acids is 2. The minimum absolute atomic E-state index is 0.0553. The van der Waals surface area contributed by atoms with Gasteiger partial charge < -0.3 is 10.2 Å². The molecule has 8 heteroatoms. The lowest BCUT2D eigenvalue weighted by Gasteiger charge is -2.34. The van der Waals surface area contributed by atoms with Gasteiger partial charge in [0.1, 0.15) is 12.6 Å². The van der Waals surface area contributed by atoms with Gasteiger partial charge in [0, 0.05) is 12.6 Å². The van der Waals surface area contributed by atoms with Crippen LogP contribution in [0, 0.1) is 27.7 Å². The normalized spacial score (nSPS) is 12.9. The van der Waals surface area contributed by atoms with Gasteiger partial charge in [-0.25, -0.2) is 8.42 Å². The number of rotatable bonds is 12. The zero-order chi connectivity index (χ0) is 30.3. The predicted molar refractivity (Wildman–Crippen MR) is 165 cm³/mol. The molecule has 1 N–H and O–H groups in total. The van der Waals surface area contributed by atoms with Crippen LogP contribution in [0.4, 0.5) is 5.69 Å². The Morgan fingerprint density at radius 2 is 1.46 bits per heavy atom. The van der Waals surface area contributed by atoms with E-state index in [4.69, 9.17) is 0 Å². The first kappa shape index (κ1) is 31.9. The number of nitrogens with zero attached hydrogens (tertiary/aromatic N) is 2. The maximum atomic E-state index is 14.3. The van der Waals surface area contributed by atoms with Crippen molar-refractivity contribution in [2.45, 2.75) is 84.8 Å². The highest BCUT2D eigenvalue weighted by atomic mass is 32.2. The Labute approximate surface area is 245 Å². The van der Waals surface area contributed by atoms with Crippen molar-refractivity contribution in [1.29, 1.82) is 0 Å². The quantitative estimate of drug-likeness (QED) is 0.293. The Kier molecular flexibility index (Phi) is 10.7. The monoisotopic (exact) mass is 577 g/mol. The summed E-state index contributed by atoms with van der Waals surface area (Å²) >= 11 is 0. The number of benzene rings is 3. The van der Waals surface area contributed by atoms with Crippen molar-refractivity contribution in [3.05, 3.63) is 94.5 Å². The van der Waals surface area contributed by atoms with Gasteiger partial charge in [0.25, 0.3) is 10.0 Å². The molecule has 0 heterocycles. The molecule has 0 spiro atoms. The lowest BCUT2D eigenvalue weighted by molar-refractivity contribution is -0.140. The first-order chi connectivity index (χ1) is 19.4. The molecule has 0 aromatic heterocycles. The maximum Gasteiger partial charge on any atom is 0.264 e. The van der Waals surface area contributed by atoms with Crippen LogP contribution in [0.5, 0.6) is 0 Å². The van der Waals surface area contributed by atoms with Crippen LogP contribution in [0.2, 0.25) is 0 Å². The van der Waals surface area contributed by atoms with Gasteiger partial charge in [-0.1, -0.05) is 67.9 Å². The summed E-state index contributed by atoms with van der Waals surface area (Å²) in [7, 11) is -4.11. The minimum Gasteiger partial charge on any atom is -0.352 e. The zero-order valence-electron chi connectivity index (χ0n) is 25.3. The van der Waals surface area contributed by atoms with Crippen LogP contribution in [0.15, 0.2) is 71.6 Å². The fourth-order valence-electron chi connectivity index (χ4n) is 4.67. The molecular weight excluding hydrogens is 534 g/mol. The minimum atomic E-state index is -4.11. The van der Waals surface area contributed by atoms with Crippen molar-refractivity contribution in [2.75, 3.05) is 10.8 Å². The fraction of sp³-hybridized carbons (Fsp3) is 0.394. The Morgan fingerprint density at radius 3 is 2.07 bits per heavy atom. The number of hydrogen-bond donors (Lipinski definition) is 1. The van der Waals surface area contributed by atoms with Gasteiger partial charge in [0.05, 0.1) is 10.6 Å². The SMILES string of the molecule is CCC(C)NC(=O)C(CC)N(Cc1ccccc1C)C(=O)CN(c1cc(C)ccc1C)S(=O)(=O)c1ccc(C)cc1. The average Bonchev–Trinajstić information content (AvgIpc) is 2.94. The molecule has 0 aliphatic carbocycles. The highest BCUT2D eigenvalue weighted by molar-refractivity contribution is 7.92. The lowest BCUT2D eigenvalue weighted by atomic mass is 10.1. The standard InChI is InChI=1S/C33H43N3O4S/c1-8-27(7)34-33(38)30(9-2)35(21-28-13-11-10-12-25(28)5)32(37)22-36(31-20-24(4)14-17-26(31)6)41(39,40)29-18-15-23(3)16-19-29/h10-20,27,30H,8-9,21-22H2,1-7H3,(H,34,38). The molecule has 0 fully saturated rings. The van der Waals surface area contributed by atoms with Gasteiger partial charge in [-0.05, 0) is 87.9 Å². The third-order valence-electron chi connectivity index (χ3n) is 7.51. The van der Waals surface area contributed by atoms with E-state index in [1.165, 1.54) is 9.21 Å². The molecule has 2 amide bonds. The number of carbonyl (C=O) groups is 2. The Balaban J connectivity index is 2.11. The van der Waals surface area contributed by atoms with Crippen molar-refractivity contribution >= 4 is 27.5 Å². The highest BCUT2D eigenvalue weighted by Crippen LogP contribution is 2.29. The number of aryl methyl sites for hydroxylation is 4. The van der Waals surface area contributed by atoms with E-state index in [2.05, 4.69) is 5.32 Å². The van der Waals surface area contributed by atoms with Crippen LogP contribution in [0.25, 0.3) is 0 Å². The third kappa shape index (κ3) is 7.76. The summed E-state index contributed by atoms with van der Waals surface area (Å²) < 4.78 is 29.4. The van der Waals surface area contributed by atoms with E-state index in [-0.39, 0.29) is 23.4 Å². The number of amides is 2. The number of nitrogens with one attached hydrogen (secondary N) is 1. The molecule has 2 unspecified atom stereocenters. The van der Waals surface area contributed by atoms with E-state index in [1.807, 2.05) is 84.9 Å². The summed E-state index contributed by atoms with van der Waals surface area (Å²) in [6.45, 7) is 13.1. The first-order valence-electron chi connectivity index (χ1n) is 14.2. The summed E-state index contributed by atoms with van der Waals surface area (Å²) in [5.41, 5.74) is 4.86. The average molecular weight is 578 g/mol. The maximum absolute atomic E-state index is 14.3. The smallest absolute Gasteiger partial charge is 0.264 e. The molecule has 41 heavy (non-hydrogen) atoms. The van der Waals surface area contributed by atoms with E-state index in [0.29, 0.717) is 12.1 Å². The summed E-state index contributed by atoms with van der Waals surface area (Å²) in [5, 5.41) is 3.01. The number of hydrogen-bond acceptors (Lipinski definition) is 4. The molecule has 3 aromatic carbocycles. The summed E-state index contributed by atoms with van der Waals surface area (Å²) in [6.07, 6.45) is 1.14. The van der Waals surface area contributed by atoms with Crippen molar-refractivity contribution in [3.63, 3.8) is 0 Å². The fourth-order valence-corrected chi connectivity index (χ4v) is 6.14. The van der Waals surface area contributed by atoms with Gasteiger partial charge in [0.2, 0.25) is 11.8 Å². The molecule has 3 rings (SSSR count). The van der Waals surface area contributed by atoms with E-state index >= 15 is 0 Å². The van der Waals surface area contributed by atoms with Crippen molar-refractivity contribution in [3.8, 4) is 0 Å². The molecule has 0 radical (unpaired) electrons. The second-order valence-electron chi connectivity index (χ2n) is 10.8. The molecule has 2 atom stereocenters. The van der Waals surface area contributed by atoms with E-state index in [9.17, 15) is 18.0 Å².